The van der Waals surface area contributed by atoms with Crippen LogP contribution in [0, 0.1) is 18.2 Å². The molecule has 1 N–H and O–H groups in total. The van der Waals surface area contributed by atoms with Gasteiger partial charge in [-0.15, -0.1) is 0 Å². The average Bonchev–Trinajstić information content (AvgIpc) is 2.46. The molecular weight excluding hydrogens is 261 g/mol. The third-order valence-corrected chi connectivity index (χ3v) is 4.67. The van der Waals surface area contributed by atoms with Crippen molar-refractivity contribution in [3.8, 4) is 0 Å². The van der Waals surface area contributed by atoms with Gasteiger partial charge < -0.3 is 5.32 Å². The zero-order valence-corrected chi connectivity index (χ0v) is 12.9. The van der Waals surface area contributed by atoms with Gasteiger partial charge in [-0.2, -0.15) is 0 Å². The second kappa shape index (κ2) is 5.18. The van der Waals surface area contributed by atoms with Crippen LogP contribution in [-0.4, -0.2) is 0 Å². The fourth-order valence-electron chi connectivity index (χ4n) is 3.19. The predicted molar refractivity (Wildman–Crippen MR) is 86.0 cm³/mol. The van der Waals surface area contributed by atoms with E-state index in [0.717, 1.165) is 18.5 Å². The van der Waals surface area contributed by atoms with Crippen LogP contribution in [0.1, 0.15) is 43.0 Å². The molecule has 1 aliphatic rings. The van der Waals surface area contributed by atoms with Crippen molar-refractivity contribution in [2.45, 2.75) is 39.7 Å². The van der Waals surface area contributed by atoms with Crippen LogP contribution in [0.2, 0.25) is 0 Å². The number of hydrogen-bond acceptors (Lipinski definition) is 1. The van der Waals surface area contributed by atoms with Crippen molar-refractivity contribution in [2.24, 2.45) is 5.41 Å². The molecule has 0 heterocycles. The summed E-state index contributed by atoms with van der Waals surface area (Å²) in [5.74, 6) is -0.151. The quantitative estimate of drug-likeness (QED) is 0.792. The van der Waals surface area contributed by atoms with Gasteiger partial charge in [0.2, 0.25) is 0 Å². The van der Waals surface area contributed by atoms with E-state index < -0.39 is 0 Å². The maximum absolute atomic E-state index is 13.8. The molecule has 0 spiro atoms. The molecule has 1 atom stereocenters. The van der Waals surface area contributed by atoms with E-state index in [4.69, 9.17) is 0 Å². The minimum atomic E-state index is -0.151. The van der Waals surface area contributed by atoms with Crippen LogP contribution >= 0.6 is 0 Å². The topological polar surface area (TPSA) is 12.0 Å². The van der Waals surface area contributed by atoms with Crippen molar-refractivity contribution in [2.75, 3.05) is 5.32 Å². The number of nitrogens with one attached hydrogen (secondary N) is 1. The van der Waals surface area contributed by atoms with Crippen LogP contribution in [0.5, 0.6) is 0 Å². The first-order chi connectivity index (χ1) is 9.97. The van der Waals surface area contributed by atoms with Crippen molar-refractivity contribution in [3.05, 3.63) is 65.0 Å². The van der Waals surface area contributed by atoms with E-state index in [2.05, 4.69) is 43.4 Å². The maximum Gasteiger partial charge on any atom is 0.128 e. The Hall–Kier alpha value is -1.83. The Kier molecular flexibility index (Phi) is 3.48. The minimum absolute atomic E-state index is 0.149. The molecule has 0 saturated heterocycles. The molecule has 110 valence electrons. The summed E-state index contributed by atoms with van der Waals surface area (Å²) < 4.78 is 13.8. The number of fused-ring (bicyclic) bond motifs is 1. The lowest BCUT2D eigenvalue weighted by atomic mass is 9.70. The normalized spacial score (nSPS) is 19.9. The van der Waals surface area contributed by atoms with Gasteiger partial charge in [0.15, 0.2) is 0 Å². The summed E-state index contributed by atoms with van der Waals surface area (Å²) in [6, 6.07) is 14.2. The SMILES string of the molecule is Cc1ccc(NC2c3ccccc3CCC2(C)C)cc1F. The van der Waals surface area contributed by atoms with Gasteiger partial charge in [0, 0.05) is 5.69 Å². The lowest BCUT2D eigenvalue weighted by Crippen LogP contribution is -2.33. The van der Waals surface area contributed by atoms with Gasteiger partial charge in [-0.25, -0.2) is 4.39 Å². The van der Waals surface area contributed by atoms with E-state index in [1.54, 1.807) is 13.0 Å². The Morgan fingerprint density at radius 2 is 1.90 bits per heavy atom. The van der Waals surface area contributed by atoms with E-state index in [9.17, 15) is 4.39 Å². The second-order valence-corrected chi connectivity index (χ2v) is 6.73. The smallest absolute Gasteiger partial charge is 0.128 e. The van der Waals surface area contributed by atoms with Gasteiger partial charge in [0.05, 0.1) is 6.04 Å². The van der Waals surface area contributed by atoms with E-state index >= 15 is 0 Å². The van der Waals surface area contributed by atoms with Crippen molar-refractivity contribution >= 4 is 5.69 Å². The van der Waals surface area contributed by atoms with E-state index in [0.29, 0.717) is 5.56 Å². The first kappa shape index (κ1) is 14.1. The molecule has 0 radical (unpaired) electrons. The van der Waals surface area contributed by atoms with Gasteiger partial charge in [0.1, 0.15) is 5.82 Å². The summed E-state index contributed by atoms with van der Waals surface area (Å²) in [7, 11) is 0. The fraction of sp³-hybridized carbons (Fsp3) is 0.368. The van der Waals surface area contributed by atoms with E-state index in [1.807, 2.05) is 12.1 Å². The zero-order chi connectivity index (χ0) is 15.0. The first-order valence-electron chi connectivity index (χ1n) is 7.58. The number of aryl methyl sites for hydroxylation is 2. The van der Waals surface area contributed by atoms with Crippen molar-refractivity contribution in [1.29, 1.82) is 0 Å². The molecule has 0 aromatic heterocycles. The first-order valence-corrected chi connectivity index (χ1v) is 7.58. The number of hydrogen-bond donors (Lipinski definition) is 1. The van der Waals surface area contributed by atoms with Crippen molar-refractivity contribution in [1.82, 2.24) is 0 Å². The lowest BCUT2D eigenvalue weighted by Gasteiger charge is -2.41. The monoisotopic (exact) mass is 283 g/mol. The standard InChI is InChI=1S/C19H22FN/c1-13-8-9-15(12-17(13)20)21-18-16-7-5-4-6-14(16)10-11-19(18,2)3/h4-9,12,18,21H,10-11H2,1-3H3. The molecule has 1 aliphatic carbocycles. The molecule has 2 heteroatoms. The molecule has 3 rings (SSSR count). The Bertz CT molecular complexity index is 660. The molecule has 0 bridgehead atoms. The average molecular weight is 283 g/mol. The molecule has 1 unspecified atom stereocenters. The number of benzene rings is 2. The van der Waals surface area contributed by atoms with Gasteiger partial charge in [0.25, 0.3) is 0 Å². The summed E-state index contributed by atoms with van der Waals surface area (Å²) >= 11 is 0. The lowest BCUT2D eigenvalue weighted by molar-refractivity contribution is 0.265. The molecule has 2 aromatic rings. The Morgan fingerprint density at radius 1 is 1.14 bits per heavy atom. The molecule has 2 aromatic carbocycles. The number of anilines is 1. The number of halogens is 1. The largest absolute Gasteiger partial charge is 0.378 e. The molecular formula is C19H22FN. The van der Waals surface area contributed by atoms with Crippen LogP contribution in [0.15, 0.2) is 42.5 Å². The minimum Gasteiger partial charge on any atom is -0.378 e. The Balaban J connectivity index is 1.97. The van der Waals surface area contributed by atoms with Crippen LogP contribution in [0.3, 0.4) is 0 Å². The molecule has 0 saturated carbocycles. The Morgan fingerprint density at radius 3 is 2.67 bits per heavy atom. The summed E-state index contributed by atoms with van der Waals surface area (Å²) in [4.78, 5) is 0. The summed E-state index contributed by atoms with van der Waals surface area (Å²) in [6.07, 6.45) is 2.25. The molecule has 0 fully saturated rings. The molecule has 0 aliphatic heterocycles. The highest BCUT2D eigenvalue weighted by Crippen LogP contribution is 2.45. The highest BCUT2D eigenvalue weighted by Gasteiger charge is 2.35. The van der Waals surface area contributed by atoms with Crippen molar-refractivity contribution < 1.29 is 4.39 Å². The molecule has 0 amide bonds. The van der Waals surface area contributed by atoms with Gasteiger partial charge in [-0.05, 0) is 54.0 Å². The maximum atomic E-state index is 13.8. The van der Waals surface area contributed by atoms with Crippen LogP contribution < -0.4 is 5.32 Å². The van der Waals surface area contributed by atoms with Gasteiger partial charge in [-0.3, -0.25) is 0 Å². The summed E-state index contributed by atoms with van der Waals surface area (Å²) in [6.45, 7) is 6.36. The predicted octanol–water partition coefficient (Wildman–Crippen LogP) is 5.26. The Labute approximate surface area is 126 Å². The van der Waals surface area contributed by atoms with Gasteiger partial charge in [-0.1, -0.05) is 44.2 Å². The van der Waals surface area contributed by atoms with Gasteiger partial charge >= 0.3 is 0 Å². The number of rotatable bonds is 2. The van der Waals surface area contributed by atoms with E-state index in [-0.39, 0.29) is 17.3 Å². The van der Waals surface area contributed by atoms with Crippen molar-refractivity contribution in [3.63, 3.8) is 0 Å². The zero-order valence-electron chi connectivity index (χ0n) is 12.9. The third-order valence-electron chi connectivity index (χ3n) is 4.67. The van der Waals surface area contributed by atoms with Crippen LogP contribution in [0.4, 0.5) is 10.1 Å². The second-order valence-electron chi connectivity index (χ2n) is 6.73. The fourth-order valence-corrected chi connectivity index (χ4v) is 3.19. The molecule has 21 heavy (non-hydrogen) atoms. The van der Waals surface area contributed by atoms with E-state index in [1.165, 1.54) is 11.1 Å². The molecule has 1 nitrogen and oxygen atoms in total. The third kappa shape index (κ3) is 2.67. The summed E-state index contributed by atoms with van der Waals surface area (Å²) in [5.41, 5.74) is 4.43. The highest BCUT2D eigenvalue weighted by atomic mass is 19.1. The van der Waals surface area contributed by atoms with Crippen LogP contribution in [0.25, 0.3) is 0 Å². The highest BCUT2D eigenvalue weighted by molar-refractivity contribution is 5.49. The summed E-state index contributed by atoms with van der Waals surface area (Å²) in [5, 5.41) is 3.56. The van der Waals surface area contributed by atoms with Crippen LogP contribution in [-0.2, 0) is 6.42 Å².